The van der Waals surface area contributed by atoms with E-state index in [2.05, 4.69) is 17.4 Å². The quantitative estimate of drug-likeness (QED) is 0.620. The fourth-order valence-corrected chi connectivity index (χ4v) is 1.49. The molecule has 19 heavy (non-hydrogen) atoms. The maximum absolute atomic E-state index is 13.2. The predicted molar refractivity (Wildman–Crippen MR) is 68.9 cm³/mol. The number of benzene rings is 2. The van der Waals surface area contributed by atoms with Gasteiger partial charge in [0.1, 0.15) is 18.6 Å². The monoisotopic (exact) mass is 253 g/mol. The first-order chi connectivity index (χ1) is 9.31. The van der Waals surface area contributed by atoms with Gasteiger partial charge in [0.2, 0.25) is 0 Å². The average Bonchev–Trinajstić information content (AvgIpc) is 2.45. The second-order valence-electron chi connectivity index (χ2n) is 3.73. The van der Waals surface area contributed by atoms with Gasteiger partial charge in [-0.2, -0.15) is 5.26 Å². The summed E-state index contributed by atoms with van der Waals surface area (Å²) in [5.74, 6) is -0.410. The van der Waals surface area contributed by atoms with Crippen LogP contribution in [-0.4, -0.2) is 6.21 Å². The Morgan fingerprint density at radius 2 is 1.74 bits per heavy atom. The molecule has 0 saturated carbocycles. The number of nitrogens with zero attached hydrogens (tertiary/aromatic N) is 2. The van der Waals surface area contributed by atoms with Crippen molar-refractivity contribution in [1.29, 1.82) is 5.26 Å². The van der Waals surface area contributed by atoms with Crippen molar-refractivity contribution in [2.24, 2.45) is 5.16 Å². The summed E-state index contributed by atoms with van der Waals surface area (Å²) in [6.07, 6.45) is 2.47. The molecular weight excluding hydrogens is 243 g/mol. The number of halogens is 1. The van der Waals surface area contributed by atoms with E-state index in [9.17, 15) is 4.39 Å². The molecular formula is C15H10FN2O. The minimum absolute atomic E-state index is 0.144. The van der Waals surface area contributed by atoms with Crippen LogP contribution in [0.5, 0.6) is 0 Å². The van der Waals surface area contributed by atoms with Crippen LogP contribution >= 0.6 is 0 Å². The maximum Gasteiger partial charge on any atom is 0.143 e. The third-order valence-corrected chi connectivity index (χ3v) is 2.46. The molecule has 4 heteroatoms. The molecule has 3 nitrogen and oxygen atoms in total. The lowest BCUT2D eigenvalue weighted by atomic mass is 10.1. The summed E-state index contributed by atoms with van der Waals surface area (Å²) in [7, 11) is 0. The number of hydrogen-bond acceptors (Lipinski definition) is 3. The van der Waals surface area contributed by atoms with E-state index in [-0.39, 0.29) is 12.2 Å². The summed E-state index contributed by atoms with van der Waals surface area (Å²) in [5.41, 5.74) is 1.49. The fraction of sp³-hybridized carbons (Fsp3) is 0.0667. The normalized spacial score (nSPS) is 10.3. The van der Waals surface area contributed by atoms with Gasteiger partial charge in [0, 0.05) is 11.1 Å². The van der Waals surface area contributed by atoms with Crippen LogP contribution in [-0.2, 0) is 11.4 Å². The summed E-state index contributed by atoms with van der Waals surface area (Å²) in [6, 6.07) is 15.3. The summed E-state index contributed by atoms with van der Waals surface area (Å²) >= 11 is 0. The summed E-state index contributed by atoms with van der Waals surface area (Å²) in [4.78, 5) is 5.02. The Balaban J connectivity index is 1.98. The fourth-order valence-electron chi connectivity index (χ4n) is 1.49. The predicted octanol–water partition coefficient (Wildman–Crippen LogP) is 3.13. The van der Waals surface area contributed by atoms with Gasteiger partial charge in [0.25, 0.3) is 0 Å². The lowest BCUT2D eigenvalue weighted by Gasteiger charge is -2.01. The number of hydrogen-bond donors (Lipinski definition) is 0. The Morgan fingerprint density at radius 1 is 1.05 bits per heavy atom. The van der Waals surface area contributed by atoms with Crippen molar-refractivity contribution >= 4 is 6.21 Å². The van der Waals surface area contributed by atoms with Gasteiger partial charge in [0.15, 0.2) is 0 Å². The highest BCUT2D eigenvalue weighted by molar-refractivity contribution is 5.79. The molecule has 0 aliphatic heterocycles. The molecule has 0 saturated heterocycles. The molecule has 0 bridgehead atoms. The topological polar surface area (TPSA) is 45.4 Å². The summed E-state index contributed by atoms with van der Waals surface area (Å²) < 4.78 is 13.2. The molecule has 93 valence electrons. The third-order valence-electron chi connectivity index (χ3n) is 2.46. The summed E-state index contributed by atoms with van der Waals surface area (Å²) in [5, 5.41) is 12.5. The van der Waals surface area contributed by atoms with E-state index in [0.717, 1.165) is 5.56 Å². The molecule has 0 amide bonds. The zero-order chi connectivity index (χ0) is 13.5. The highest BCUT2D eigenvalue weighted by Crippen LogP contribution is 2.09. The van der Waals surface area contributed by atoms with Crippen LogP contribution in [0, 0.1) is 17.1 Å². The number of rotatable bonds is 4. The van der Waals surface area contributed by atoms with Crippen molar-refractivity contribution in [3.05, 3.63) is 71.0 Å². The van der Waals surface area contributed by atoms with Crippen molar-refractivity contribution in [3.63, 3.8) is 0 Å². The van der Waals surface area contributed by atoms with Crippen LogP contribution in [0.2, 0.25) is 0 Å². The zero-order valence-electron chi connectivity index (χ0n) is 10.0. The van der Waals surface area contributed by atoms with Gasteiger partial charge in [-0.15, -0.1) is 0 Å². The number of nitriles is 1. The lowest BCUT2D eigenvalue weighted by Crippen LogP contribution is -1.93. The van der Waals surface area contributed by atoms with E-state index in [4.69, 9.17) is 10.1 Å². The molecule has 0 N–H and O–H groups in total. The highest BCUT2D eigenvalue weighted by Gasteiger charge is 2.01. The Bertz CT molecular complexity index is 632. The first-order valence-electron chi connectivity index (χ1n) is 5.62. The van der Waals surface area contributed by atoms with E-state index in [1.54, 1.807) is 36.4 Å². The van der Waals surface area contributed by atoms with Crippen molar-refractivity contribution in [1.82, 2.24) is 0 Å². The van der Waals surface area contributed by atoms with E-state index in [0.29, 0.717) is 5.56 Å². The maximum atomic E-state index is 13.2. The van der Waals surface area contributed by atoms with E-state index in [1.807, 2.05) is 6.07 Å². The first kappa shape index (κ1) is 12.8. The van der Waals surface area contributed by atoms with Crippen molar-refractivity contribution in [3.8, 4) is 6.07 Å². The van der Waals surface area contributed by atoms with Gasteiger partial charge >= 0.3 is 0 Å². The van der Waals surface area contributed by atoms with Crippen molar-refractivity contribution < 1.29 is 9.23 Å². The van der Waals surface area contributed by atoms with Crippen LogP contribution in [0.4, 0.5) is 4.39 Å². The molecule has 2 rings (SSSR count). The van der Waals surface area contributed by atoms with Gasteiger partial charge in [-0.25, -0.2) is 4.39 Å². The molecule has 0 aliphatic carbocycles. The summed E-state index contributed by atoms with van der Waals surface area (Å²) in [6.45, 7) is 0.144. The molecule has 0 heterocycles. The lowest BCUT2D eigenvalue weighted by molar-refractivity contribution is 0.132. The first-order valence-corrected chi connectivity index (χ1v) is 5.62. The Labute approximate surface area is 110 Å². The van der Waals surface area contributed by atoms with Crippen molar-refractivity contribution in [2.45, 2.75) is 6.61 Å². The molecule has 0 aliphatic rings. The molecule has 0 spiro atoms. The van der Waals surface area contributed by atoms with Gasteiger partial charge in [-0.1, -0.05) is 35.5 Å². The molecule has 2 aromatic rings. The molecule has 2 aromatic carbocycles. The zero-order valence-corrected chi connectivity index (χ0v) is 10.0. The largest absolute Gasteiger partial charge is 0.390 e. The van der Waals surface area contributed by atoms with Crippen LogP contribution in [0.1, 0.15) is 16.7 Å². The Morgan fingerprint density at radius 3 is 2.47 bits per heavy atom. The molecule has 0 unspecified atom stereocenters. The molecule has 1 radical (unpaired) electrons. The Hall–Kier alpha value is -2.67. The van der Waals surface area contributed by atoms with Crippen LogP contribution in [0.25, 0.3) is 0 Å². The van der Waals surface area contributed by atoms with E-state index < -0.39 is 5.82 Å². The molecule has 0 atom stereocenters. The second-order valence-corrected chi connectivity index (χ2v) is 3.73. The Kier molecular flexibility index (Phi) is 4.25. The average molecular weight is 253 g/mol. The van der Waals surface area contributed by atoms with Crippen molar-refractivity contribution in [2.75, 3.05) is 0 Å². The van der Waals surface area contributed by atoms with Crippen LogP contribution in [0.3, 0.4) is 0 Å². The van der Waals surface area contributed by atoms with Gasteiger partial charge in [-0.05, 0) is 18.2 Å². The molecule has 0 aromatic heterocycles. The SMILES string of the molecule is N#Cc1ccccc1CO/N=[C]\c1ccccc1F. The minimum atomic E-state index is -0.410. The highest BCUT2D eigenvalue weighted by atomic mass is 19.1. The van der Waals surface area contributed by atoms with E-state index in [1.165, 1.54) is 6.07 Å². The molecule has 0 fully saturated rings. The second kappa shape index (κ2) is 6.31. The smallest absolute Gasteiger partial charge is 0.143 e. The standard InChI is InChI=1S/C15H10FN2O/c16-15-8-4-3-6-13(15)10-18-19-11-14-7-2-1-5-12(14)9-17/h1-8H,11H2. The van der Waals surface area contributed by atoms with Gasteiger partial charge in [0.05, 0.1) is 11.6 Å². The van der Waals surface area contributed by atoms with Crippen LogP contribution < -0.4 is 0 Å². The van der Waals surface area contributed by atoms with E-state index >= 15 is 0 Å². The van der Waals surface area contributed by atoms with Gasteiger partial charge < -0.3 is 4.84 Å². The van der Waals surface area contributed by atoms with Gasteiger partial charge in [-0.3, -0.25) is 0 Å². The van der Waals surface area contributed by atoms with Crippen LogP contribution in [0.15, 0.2) is 53.7 Å². The third kappa shape index (κ3) is 3.39. The minimum Gasteiger partial charge on any atom is -0.390 e.